The van der Waals surface area contributed by atoms with Crippen molar-refractivity contribution in [1.82, 2.24) is 9.13 Å². The molecule has 2 aromatic heterocycles. The van der Waals surface area contributed by atoms with Crippen LogP contribution in [0, 0.1) is 0 Å². The van der Waals surface area contributed by atoms with Gasteiger partial charge in [0, 0.05) is 33.7 Å². The number of carbonyl (C=O) groups excluding carboxylic acids is 1. The van der Waals surface area contributed by atoms with Gasteiger partial charge in [0.25, 0.3) is 5.56 Å². The highest BCUT2D eigenvalue weighted by Crippen LogP contribution is 2.36. The van der Waals surface area contributed by atoms with Crippen molar-refractivity contribution in [2.75, 3.05) is 20.8 Å². The molecule has 1 aliphatic rings. The lowest BCUT2D eigenvalue weighted by Gasteiger charge is -2.25. The first-order valence-electron chi connectivity index (χ1n) is 14.1. The molecule has 0 unspecified atom stereocenters. The van der Waals surface area contributed by atoms with Gasteiger partial charge in [-0.15, -0.1) is 0 Å². The Morgan fingerprint density at radius 1 is 1.05 bits per heavy atom. The Labute approximate surface area is 266 Å². The lowest BCUT2D eigenvalue weighted by Crippen LogP contribution is -2.39. The molecule has 10 heteroatoms. The molecule has 6 rings (SSSR count). The number of allylic oxidation sites excluding steroid dienone is 1. The average molecular weight is 673 g/mol. The second-order valence-electron chi connectivity index (χ2n) is 10.3. The lowest BCUT2D eigenvalue weighted by molar-refractivity contribution is -0.139. The van der Waals surface area contributed by atoms with Crippen LogP contribution >= 0.6 is 27.3 Å². The molecule has 3 aromatic carbocycles. The number of carbonyl (C=O) groups is 1. The standard InChI is InChI=1S/C34H30BrN3O5S/c1-5-43-33(40)30-20(2)36-34-38(31(30)22-12-15-27(41-3)28(16-22)42-4)32(39)29(44-34)17-23-19-37(26-9-7-6-8-25(23)26)18-21-10-13-24(35)14-11-21/h6-17,19,31H,5,18H2,1-4H3/b29-17+/t31-/m0/s1. The molecule has 44 heavy (non-hydrogen) atoms. The maximum absolute atomic E-state index is 14.2. The molecule has 1 atom stereocenters. The Bertz CT molecular complexity index is 2110. The number of ether oxygens (including phenoxy) is 3. The van der Waals surface area contributed by atoms with E-state index in [-0.39, 0.29) is 12.2 Å². The van der Waals surface area contributed by atoms with E-state index in [0.29, 0.717) is 44.2 Å². The number of halogens is 1. The van der Waals surface area contributed by atoms with Gasteiger partial charge >= 0.3 is 5.97 Å². The number of nitrogens with zero attached hydrogens (tertiary/aromatic N) is 3. The first-order chi connectivity index (χ1) is 21.3. The van der Waals surface area contributed by atoms with Gasteiger partial charge in [0.1, 0.15) is 0 Å². The minimum absolute atomic E-state index is 0.197. The van der Waals surface area contributed by atoms with E-state index in [1.165, 1.54) is 11.3 Å². The van der Waals surface area contributed by atoms with E-state index in [9.17, 15) is 9.59 Å². The van der Waals surface area contributed by atoms with Crippen LogP contribution in [0.2, 0.25) is 0 Å². The number of hydrogen-bond acceptors (Lipinski definition) is 7. The largest absolute Gasteiger partial charge is 0.493 e. The fourth-order valence-corrected chi connectivity index (χ4v) is 6.88. The van der Waals surface area contributed by atoms with E-state index in [0.717, 1.165) is 26.5 Å². The average Bonchev–Trinajstić information content (AvgIpc) is 3.53. The third-order valence-corrected chi connectivity index (χ3v) is 9.12. The summed E-state index contributed by atoms with van der Waals surface area (Å²) in [6, 6.07) is 21.0. The highest BCUT2D eigenvalue weighted by Gasteiger charge is 2.34. The van der Waals surface area contributed by atoms with Crippen molar-refractivity contribution in [3.8, 4) is 11.5 Å². The molecule has 0 saturated heterocycles. The zero-order chi connectivity index (χ0) is 31.0. The van der Waals surface area contributed by atoms with Gasteiger partial charge in [0.2, 0.25) is 0 Å². The van der Waals surface area contributed by atoms with Crippen LogP contribution in [-0.4, -0.2) is 35.9 Å². The normalized spacial score (nSPS) is 14.8. The number of methoxy groups -OCH3 is 2. The zero-order valence-corrected chi connectivity index (χ0v) is 27.1. The first kappa shape index (κ1) is 29.7. The van der Waals surface area contributed by atoms with Crippen LogP contribution in [0.5, 0.6) is 11.5 Å². The number of hydrogen-bond donors (Lipinski definition) is 0. The Balaban J connectivity index is 1.52. The van der Waals surface area contributed by atoms with Crippen molar-refractivity contribution in [2.45, 2.75) is 26.4 Å². The topological polar surface area (TPSA) is 84.1 Å². The van der Waals surface area contributed by atoms with Gasteiger partial charge in [-0.05, 0) is 61.4 Å². The number of aromatic nitrogens is 2. The third-order valence-electron chi connectivity index (χ3n) is 7.61. The minimum Gasteiger partial charge on any atom is -0.493 e. The molecule has 5 aromatic rings. The van der Waals surface area contributed by atoms with E-state index in [2.05, 4.69) is 51.0 Å². The van der Waals surface area contributed by atoms with Crippen molar-refractivity contribution in [2.24, 2.45) is 4.99 Å². The van der Waals surface area contributed by atoms with Crippen molar-refractivity contribution in [3.05, 3.63) is 125 Å². The molecule has 0 aliphatic carbocycles. The number of para-hydroxylation sites is 1. The predicted octanol–water partition coefficient (Wildman–Crippen LogP) is 5.58. The summed E-state index contributed by atoms with van der Waals surface area (Å²) in [5.41, 5.74) is 4.40. The summed E-state index contributed by atoms with van der Waals surface area (Å²) in [6.45, 7) is 4.40. The monoisotopic (exact) mass is 671 g/mol. The summed E-state index contributed by atoms with van der Waals surface area (Å²) in [6.07, 6.45) is 3.99. The minimum atomic E-state index is -0.758. The van der Waals surface area contributed by atoms with Gasteiger partial charge < -0.3 is 18.8 Å². The highest BCUT2D eigenvalue weighted by molar-refractivity contribution is 9.10. The molecule has 224 valence electrons. The SMILES string of the molecule is CCOC(=O)C1=C(C)N=c2s/c(=C/c3cn(Cc4ccc(Br)cc4)c4ccccc34)c(=O)n2[C@H]1c1ccc(OC)c(OC)c1. The molecular formula is C34H30BrN3O5S. The second-order valence-corrected chi connectivity index (χ2v) is 12.2. The number of benzene rings is 3. The Morgan fingerprint density at radius 2 is 1.80 bits per heavy atom. The molecule has 0 bridgehead atoms. The molecule has 1 aliphatic heterocycles. The zero-order valence-electron chi connectivity index (χ0n) is 24.7. The van der Waals surface area contributed by atoms with Gasteiger partial charge in [0.15, 0.2) is 16.3 Å². The highest BCUT2D eigenvalue weighted by atomic mass is 79.9. The number of fused-ring (bicyclic) bond motifs is 2. The first-order valence-corrected chi connectivity index (χ1v) is 15.7. The molecule has 0 fully saturated rings. The van der Waals surface area contributed by atoms with Gasteiger partial charge in [0.05, 0.1) is 42.7 Å². The summed E-state index contributed by atoms with van der Waals surface area (Å²) >= 11 is 4.81. The molecule has 0 saturated carbocycles. The van der Waals surface area contributed by atoms with Gasteiger partial charge in [-0.2, -0.15) is 0 Å². The smallest absolute Gasteiger partial charge is 0.338 e. The van der Waals surface area contributed by atoms with Crippen LogP contribution in [0.15, 0.2) is 98.5 Å². The Kier molecular flexibility index (Phi) is 8.29. The predicted molar refractivity (Wildman–Crippen MR) is 175 cm³/mol. The maximum atomic E-state index is 14.2. The van der Waals surface area contributed by atoms with Crippen LogP contribution in [0.3, 0.4) is 0 Å². The van der Waals surface area contributed by atoms with E-state index >= 15 is 0 Å². The molecular weight excluding hydrogens is 642 g/mol. The van der Waals surface area contributed by atoms with Crippen molar-refractivity contribution in [3.63, 3.8) is 0 Å². The number of esters is 1. The second kappa shape index (κ2) is 12.3. The fraction of sp³-hybridized carbons (Fsp3) is 0.206. The van der Waals surface area contributed by atoms with E-state index < -0.39 is 12.0 Å². The van der Waals surface area contributed by atoms with Crippen LogP contribution < -0.4 is 24.4 Å². The van der Waals surface area contributed by atoms with Crippen LogP contribution in [0.1, 0.15) is 36.6 Å². The molecule has 8 nitrogen and oxygen atoms in total. The van der Waals surface area contributed by atoms with Crippen LogP contribution in [0.25, 0.3) is 17.0 Å². The molecule has 0 N–H and O–H groups in total. The van der Waals surface area contributed by atoms with Crippen LogP contribution in [-0.2, 0) is 16.1 Å². The van der Waals surface area contributed by atoms with Crippen molar-refractivity contribution in [1.29, 1.82) is 0 Å². The summed E-state index contributed by atoms with van der Waals surface area (Å²) in [7, 11) is 3.11. The quantitative estimate of drug-likeness (QED) is 0.201. The molecule has 0 amide bonds. The summed E-state index contributed by atoms with van der Waals surface area (Å²) in [4.78, 5) is 32.7. The summed E-state index contributed by atoms with van der Waals surface area (Å²) in [5.74, 6) is 0.518. The van der Waals surface area contributed by atoms with Gasteiger partial charge in [-0.1, -0.05) is 63.7 Å². The summed E-state index contributed by atoms with van der Waals surface area (Å²) < 4.78 is 21.7. The summed E-state index contributed by atoms with van der Waals surface area (Å²) in [5, 5.41) is 1.04. The number of rotatable bonds is 8. The van der Waals surface area contributed by atoms with Crippen molar-refractivity contribution >= 4 is 50.2 Å². The van der Waals surface area contributed by atoms with Gasteiger partial charge in [-0.25, -0.2) is 9.79 Å². The maximum Gasteiger partial charge on any atom is 0.338 e. The Morgan fingerprint density at radius 3 is 2.52 bits per heavy atom. The molecule has 0 radical (unpaired) electrons. The van der Waals surface area contributed by atoms with E-state index in [1.54, 1.807) is 44.8 Å². The fourth-order valence-electron chi connectivity index (χ4n) is 5.58. The van der Waals surface area contributed by atoms with Crippen molar-refractivity contribution < 1.29 is 19.0 Å². The van der Waals surface area contributed by atoms with Crippen LogP contribution in [0.4, 0.5) is 0 Å². The van der Waals surface area contributed by atoms with E-state index in [4.69, 9.17) is 19.2 Å². The van der Waals surface area contributed by atoms with E-state index in [1.807, 2.05) is 36.4 Å². The molecule has 0 spiro atoms. The third kappa shape index (κ3) is 5.39. The Hall–Kier alpha value is -4.41. The number of thiazole rings is 1. The van der Waals surface area contributed by atoms with Gasteiger partial charge in [-0.3, -0.25) is 9.36 Å². The molecule has 3 heterocycles. The lowest BCUT2D eigenvalue weighted by atomic mass is 9.95.